The van der Waals surface area contributed by atoms with E-state index >= 15 is 0 Å². The molecule has 0 spiro atoms. The average Bonchev–Trinajstić information content (AvgIpc) is 2.69. The maximum absolute atomic E-state index is 13.0. The molecule has 0 bridgehead atoms. The lowest BCUT2D eigenvalue weighted by atomic mass is 9.96. The predicted octanol–water partition coefficient (Wildman–Crippen LogP) is 3.10. The predicted molar refractivity (Wildman–Crippen MR) is 101 cm³/mol. The van der Waals surface area contributed by atoms with Crippen LogP contribution in [0.25, 0.3) is 0 Å². The summed E-state index contributed by atoms with van der Waals surface area (Å²) in [6, 6.07) is 14.4. The van der Waals surface area contributed by atoms with Crippen molar-refractivity contribution in [3.8, 4) is 0 Å². The Morgan fingerprint density at radius 3 is 2.26 bits per heavy atom. The van der Waals surface area contributed by atoms with Crippen molar-refractivity contribution in [1.29, 1.82) is 0 Å². The molecule has 0 saturated carbocycles. The molecule has 1 aliphatic heterocycles. The Kier molecular flexibility index (Phi) is 5.92. The molecule has 0 aliphatic carbocycles. The second-order valence-corrected chi connectivity index (χ2v) is 8.71. The molecule has 0 unspecified atom stereocenters. The standard InChI is InChI=1S/C20H23FN2O3S/c1-15(16-5-3-2-4-6-16)22-20(24)17-11-13-23(14-12-17)27(25,26)19-9-7-18(21)8-10-19/h2-10,15,17H,11-14H2,1H3,(H,22,24)/t15-/m1/s1. The molecule has 3 rings (SSSR count). The normalized spacial score (nSPS) is 17.4. The number of sulfonamides is 1. The summed E-state index contributed by atoms with van der Waals surface area (Å²) in [5.41, 5.74) is 1.03. The summed E-state index contributed by atoms with van der Waals surface area (Å²) in [5, 5.41) is 3.01. The minimum Gasteiger partial charge on any atom is -0.349 e. The van der Waals surface area contributed by atoms with E-state index in [1.165, 1.54) is 16.4 Å². The fourth-order valence-corrected chi connectivity index (χ4v) is 4.74. The Labute approximate surface area is 159 Å². The van der Waals surface area contributed by atoms with Gasteiger partial charge in [0.05, 0.1) is 10.9 Å². The maximum atomic E-state index is 13.0. The van der Waals surface area contributed by atoms with E-state index in [9.17, 15) is 17.6 Å². The number of piperidine rings is 1. The minimum absolute atomic E-state index is 0.0508. The van der Waals surface area contributed by atoms with Crippen LogP contribution in [0.15, 0.2) is 59.5 Å². The molecule has 7 heteroatoms. The molecule has 1 N–H and O–H groups in total. The van der Waals surface area contributed by atoms with E-state index in [-0.39, 0.29) is 35.9 Å². The monoisotopic (exact) mass is 390 g/mol. The van der Waals surface area contributed by atoms with Gasteiger partial charge in [0.2, 0.25) is 15.9 Å². The number of rotatable bonds is 5. The van der Waals surface area contributed by atoms with Crippen LogP contribution in [0, 0.1) is 11.7 Å². The molecule has 0 radical (unpaired) electrons. The van der Waals surface area contributed by atoms with Crippen LogP contribution in [0.2, 0.25) is 0 Å². The molecule has 1 amide bonds. The van der Waals surface area contributed by atoms with Crippen molar-refractivity contribution in [2.24, 2.45) is 5.92 Å². The highest BCUT2D eigenvalue weighted by atomic mass is 32.2. The quantitative estimate of drug-likeness (QED) is 0.853. The van der Waals surface area contributed by atoms with Crippen LogP contribution in [0.3, 0.4) is 0 Å². The molecular weight excluding hydrogens is 367 g/mol. The van der Waals surface area contributed by atoms with Gasteiger partial charge in [-0.3, -0.25) is 4.79 Å². The third-order valence-electron chi connectivity index (χ3n) is 4.93. The van der Waals surface area contributed by atoms with Gasteiger partial charge < -0.3 is 5.32 Å². The fraction of sp³-hybridized carbons (Fsp3) is 0.350. The molecule has 1 heterocycles. The van der Waals surface area contributed by atoms with Gasteiger partial charge in [-0.2, -0.15) is 4.31 Å². The van der Waals surface area contributed by atoms with Gasteiger partial charge >= 0.3 is 0 Å². The molecule has 1 aliphatic rings. The van der Waals surface area contributed by atoms with Crippen LogP contribution in [0.4, 0.5) is 4.39 Å². The summed E-state index contributed by atoms with van der Waals surface area (Å²) >= 11 is 0. The minimum atomic E-state index is -3.66. The summed E-state index contributed by atoms with van der Waals surface area (Å²) in [6.07, 6.45) is 0.932. The lowest BCUT2D eigenvalue weighted by molar-refractivity contribution is -0.126. The van der Waals surface area contributed by atoms with E-state index < -0.39 is 15.8 Å². The number of hydrogen-bond donors (Lipinski definition) is 1. The van der Waals surface area contributed by atoms with Crippen molar-refractivity contribution in [2.45, 2.75) is 30.7 Å². The zero-order valence-corrected chi connectivity index (χ0v) is 16.0. The summed E-state index contributed by atoms with van der Waals surface area (Å²) in [5.74, 6) is -0.738. The van der Waals surface area contributed by atoms with Crippen molar-refractivity contribution in [3.05, 3.63) is 66.0 Å². The van der Waals surface area contributed by atoms with Gasteiger partial charge in [0.15, 0.2) is 0 Å². The smallest absolute Gasteiger partial charge is 0.243 e. The van der Waals surface area contributed by atoms with Crippen LogP contribution < -0.4 is 5.32 Å². The first-order valence-corrected chi connectivity index (χ1v) is 10.4. The third kappa shape index (κ3) is 4.54. The van der Waals surface area contributed by atoms with Gasteiger partial charge in [0.25, 0.3) is 0 Å². The van der Waals surface area contributed by atoms with E-state index in [4.69, 9.17) is 0 Å². The van der Waals surface area contributed by atoms with Crippen LogP contribution in [-0.4, -0.2) is 31.7 Å². The Balaban J connectivity index is 1.58. The lowest BCUT2D eigenvalue weighted by Crippen LogP contribution is -2.43. The first-order valence-electron chi connectivity index (χ1n) is 8.99. The number of carbonyl (C=O) groups excluding carboxylic acids is 1. The second-order valence-electron chi connectivity index (χ2n) is 6.77. The molecule has 27 heavy (non-hydrogen) atoms. The average molecular weight is 390 g/mol. The molecule has 2 aromatic carbocycles. The van der Waals surface area contributed by atoms with Gasteiger partial charge in [0, 0.05) is 19.0 Å². The van der Waals surface area contributed by atoms with Gasteiger partial charge in [-0.1, -0.05) is 30.3 Å². The molecule has 1 atom stereocenters. The summed E-state index contributed by atoms with van der Waals surface area (Å²) in [7, 11) is -3.66. The number of nitrogens with one attached hydrogen (secondary N) is 1. The van der Waals surface area contributed by atoms with Gasteiger partial charge in [-0.15, -0.1) is 0 Å². The van der Waals surface area contributed by atoms with Crippen LogP contribution in [0.1, 0.15) is 31.4 Å². The molecule has 0 aromatic heterocycles. The Bertz CT molecular complexity index is 877. The number of amides is 1. The molecule has 2 aromatic rings. The lowest BCUT2D eigenvalue weighted by Gasteiger charge is -2.31. The van der Waals surface area contributed by atoms with Crippen molar-refractivity contribution in [2.75, 3.05) is 13.1 Å². The number of hydrogen-bond acceptors (Lipinski definition) is 3. The second kappa shape index (κ2) is 8.19. The van der Waals surface area contributed by atoms with Crippen molar-refractivity contribution >= 4 is 15.9 Å². The number of benzene rings is 2. The largest absolute Gasteiger partial charge is 0.349 e. The van der Waals surface area contributed by atoms with Crippen molar-refractivity contribution in [1.82, 2.24) is 9.62 Å². The SMILES string of the molecule is C[C@@H](NC(=O)C1CCN(S(=O)(=O)c2ccc(F)cc2)CC1)c1ccccc1. The van der Waals surface area contributed by atoms with E-state index in [0.29, 0.717) is 12.8 Å². The Morgan fingerprint density at radius 1 is 1.07 bits per heavy atom. The highest BCUT2D eigenvalue weighted by Gasteiger charge is 2.32. The van der Waals surface area contributed by atoms with Crippen LogP contribution in [0.5, 0.6) is 0 Å². The zero-order valence-electron chi connectivity index (χ0n) is 15.1. The maximum Gasteiger partial charge on any atom is 0.243 e. The number of halogens is 1. The topological polar surface area (TPSA) is 66.5 Å². The van der Waals surface area contributed by atoms with E-state index in [2.05, 4.69) is 5.32 Å². The Morgan fingerprint density at radius 2 is 1.67 bits per heavy atom. The molecule has 1 fully saturated rings. The summed E-state index contributed by atoms with van der Waals surface area (Å²) in [6.45, 7) is 2.48. The number of carbonyl (C=O) groups is 1. The van der Waals surface area contributed by atoms with E-state index in [1.807, 2.05) is 37.3 Å². The van der Waals surface area contributed by atoms with E-state index in [1.54, 1.807) is 0 Å². The highest BCUT2D eigenvalue weighted by Crippen LogP contribution is 2.25. The van der Waals surface area contributed by atoms with E-state index in [0.717, 1.165) is 17.7 Å². The van der Waals surface area contributed by atoms with Crippen molar-refractivity contribution < 1.29 is 17.6 Å². The fourth-order valence-electron chi connectivity index (χ4n) is 3.27. The third-order valence-corrected chi connectivity index (χ3v) is 6.85. The molecule has 5 nitrogen and oxygen atoms in total. The van der Waals surface area contributed by atoms with Gasteiger partial charge in [-0.25, -0.2) is 12.8 Å². The van der Waals surface area contributed by atoms with Gasteiger partial charge in [-0.05, 0) is 49.6 Å². The van der Waals surface area contributed by atoms with Crippen LogP contribution in [-0.2, 0) is 14.8 Å². The van der Waals surface area contributed by atoms with Crippen LogP contribution >= 0.6 is 0 Å². The summed E-state index contributed by atoms with van der Waals surface area (Å²) in [4.78, 5) is 12.6. The first-order chi connectivity index (χ1) is 12.9. The molecule has 144 valence electrons. The molecular formula is C20H23FN2O3S. The number of nitrogens with zero attached hydrogens (tertiary/aromatic N) is 1. The summed E-state index contributed by atoms with van der Waals surface area (Å²) < 4.78 is 39.7. The zero-order chi connectivity index (χ0) is 19.4. The first kappa shape index (κ1) is 19.5. The van der Waals surface area contributed by atoms with Crippen molar-refractivity contribution in [3.63, 3.8) is 0 Å². The van der Waals surface area contributed by atoms with Gasteiger partial charge in [0.1, 0.15) is 5.82 Å². The highest BCUT2D eigenvalue weighted by molar-refractivity contribution is 7.89. The Hall–Kier alpha value is -2.25. The molecule has 1 saturated heterocycles.